The molecule has 0 amide bonds. The minimum absolute atomic E-state index is 0.667. The lowest BCUT2D eigenvalue weighted by Gasteiger charge is -2.15. The number of aliphatic imine (C=N–C) groups is 1. The van der Waals surface area contributed by atoms with Crippen LogP contribution in [0.1, 0.15) is 5.56 Å². The number of methoxy groups -OCH3 is 1. The Kier molecular flexibility index (Phi) is 5.25. The summed E-state index contributed by atoms with van der Waals surface area (Å²) in [4.78, 5) is 4.50. The second kappa shape index (κ2) is 7.38. The molecule has 1 N–H and O–H groups in total. The highest BCUT2D eigenvalue weighted by atomic mass is 79.9. The van der Waals surface area contributed by atoms with E-state index in [0.29, 0.717) is 5.02 Å². The van der Waals surface area contributed by atoms with Gasteiger partial charge < -0.3 is 4.74 Å². The number of hydrogen-bond donors (Lipinski definition) is 1. The van der Waals surface area contributed by atoms with Gasteiger partial charge in [-0.25, -0.2) is 4.99 Å². The van der Waals surface area contributed by atoms with E-state index in [-0.39, 0.29) is 0 Å². The van der Waals surface area contributed by atoms with E-state index in [4.69, 9.17) is 16.3 Å². The van der Waals surface area contributed by atoms with Crippen LogP contribution in [0.25, 0.3) is 0 Å². The van der Waals surface area contributed by atoms with E-state index in [0.717, 1.165) is 38.1 Å². The normalized spacial score (nSPS) is 16.0. The summed E-state index contributed by atoms with van der Waals surface area (Å²) < 4.78 is 6.15. The smallest absolute Gasteiger partial charge is 0.182 e. The predicted molar refractivity (Wildman–Crippen MR) is 101 cm³/mol. The first-order chi connectivity index (χ1) is 11.2. The molecule has 0 aromatic heterocycles. The van der Waals surface area contributed by atoms with Gasteiger partial charge in [0.2, 0.25) is 0 Å². The molecule has 0 aliphatic carbocycles. The summed E-state index contributed by atoms with van der Waals surface area (Å²) in [6.45, 7) is 0. The van der Waals surface area contributed by atoms with E-state index in [9.17, 15) is 0 Å². The fraction of sp³-hybridized carbons (Fsp3) is 0.125. The van der Waals surface area contributed by atoms with Crippen LogP contribution in [0, 0.1) is 0 Å². The molecule has 1 aliphatic rings. The maximum Gasteiger partial charge on any atom is 0.182 e. The van der Waals surface area contributed by atoms with Crippen molar-refractivity contribution in [1.82, 2.24) is 5.43 Å². The highest BCUT2D eigenvalue weighted by Crippen LogP contribution is 2.27. The Balaban J connectivity index is 1.77. The van der Waals surface area contributed by atoms with Gasteiger partial charge in [-0.3, -0.25) is 5.43 Å². The number of rotatable bonds is 3. The van der Waals surface area contributed by atoms with Crippen molar-refractivity contribution in [2.75, 3.05) is 12.9 Å². The van der Waals surface area contributed by atoms with Crippen LogP contribution in [0.15, 0.2) is 57.0 Å². The molecule has 23 heavy (non-hydrogen) atoms. The number of hydrogen-bond acceptors (Lipinski definition) is 4. The van der Waals surface area contributed by atoms with Gasteiger partial charge in [-0.15, -0.1) is 0 Å². The molecule has 1 heterocycles. The SMILES string of the molecule is COc1ccc(C2=NNC(=Nc3cccc(Cl)c3)SC2)cc1Br. The van der Waals surface area contributed by atoms with Gasteiger partial charge in [0.05, 0.1) is 23.0 Å². The Morgan fingerprint density at radius 3 is 2.83 bits per heavy atom. The topological polar surface area (TPSA) is 46.0 Å². The van der Waals surface area contributed by atoms with Crippen molar-refractivity contribution in [3.63, 3.8) is 0 Å². The summed E-state index contributed by atoms with van der Waals surface area (Å²) in [6.07, 6.45) is 0. The molecule has 2 aromatic rings. The number of hydrazone groups is 1. The third kappa shape index (κ3) is 4.07. The van der Waals surface area contributed by atoms with E-state index in [1.54, 1.807) is 18.9 Å². The lowest BCUT2D eigenvalue weighted by atomic mass is 10.1. The van der Waals surface area contributed by atoms with Gasteiger partial charge in [0.15, 0.2) is 5.17 Å². The van der Waals surface area contributed by atoms with Gasteiger partial charge in [-0.05, 0) is 57.9 Å². The molecule has 0 fully saturated rings. The molecule has 0 spiro atoms. The fourth-order valence-electron chi connectivity index (χ4n) is 2.03. The summed E-state index contributed by atoms with van der Waals surface area (Å²) in [5.74, 6) is 1.54. The number of nitrogens with one attached hydrogen (secondary N) is 1. The summed E-state index contributed by atoms with van der Waals surface area (Å²) in [5.41, 5.74) is 5.80. The summed E-state index contributed by atoms with van der Waals surface area (Å²) in [6, 6.07) is 13.3. The Labute approximate surface area is 152 Å². The van der Waals surface area contributed by atoms with Crippen LogP contribution < -0.4 is 10.2 Å². The molecule has 3 rings (SSSR count). The highest BCUT2D eigenvalue weighted by molar-refractivity contribution is 9.10. The number of halogens is 2. The van der Waals surface area contributed by atoms with Crippen molar-refractivity contribution in [3.8, 4) is 5.75 Å². The lowest BCUT2D eigenvalue weighted by molar-refractivity contribution is 0.412. The number of amidine groups is 1. The van der Waals surface area contributed by atoms with Gasteiger partial charge >= 0.3 is 0 Å². The lowest BCUT2D eigenvalue weighted by Crippen LogP contribution is -2.25. The zero-order chi connectivity index (χ0) is 16.2. The van der Waals surface area contributed by atoms with Crippen LogP contribution in [0.5, 0.6) is 5.75 Å². The minimum atomic E-state index is 0.667. The van der Waals surface area contributed by atoms with Crippen molar-refractivity contribution in [2.45, 2.75) is 0 Å². The van der Waals surface area contributed by atoms with Crippen LogP contribution in [0.2, 0.25) is 5.02 Å². The Hall–Kier alpha value is -1.50. The molecule has 0 saturated carbocycles. The molecule has 0 bridgehead atoms. The van der Waals surface area contributed by atoms with Gasteiger partial charge in [0.1, 0.15) is 5.75 Å². The third-order valence-corrected chi connectivity index (χ3v) is 4.88. The monoisotopic (exact) mass is 409 g/mol. The summed E-state index contributed by atoms with van der Waals surface area (Å²) >= 11 is 11.1. The van der Waals surface area contributed by atoms with Crippen LogP contribution >= 0.6 is 39.3 Å². The van der Waals surface area contributed by atoms with Crippen LogP contribution in [0.4, 0.5) is 5.69 Å². The molecular formula is C16H13BrClN3OS. The van der Waals surface area contributed by atoms with Crippen molar-refractivity contribution in [1.29, 1.82) is 0 Å². The zero-order valence-corrected chi connectivity index (χ0v) is 15.4. The van der Waals surface area contributed by atoms with Gasteiger partial charge in [-0.2, -0.15) is 5.10 Å². The average Bonchev–Trinajstić information content (AvgIpc) is 2.55. The first-order valence-corrected chi connectivity index (χ1v) is 8.95. The molecule has 0 atom stereocenters. The number of nitrogens with zero attached hydrogens (tertiary/aromatic N) is 2. The second-order valence-corrected chi connectivity index (χ2v) is 6.96. The molecule has 1 aliphatic heterocycles. The third-order valence-electron chi connectivity index (χ3n) is 3.16. The standard InChI is InChI=1S/C16H13BrClN3OS/c1-22-15-6-5-10(7-13(15)17)14-9-23-16(21-20-14)19-12-4-2-3-11(18)8-12/h2-8H,9H2,1H3,(H,19,21). The zero-order valence-electron chi connectivity index (χ0n) is 12.2. The molecule has 0 radical (unpaired) electrons. The van der Waals surface area contributed by atoms with Gasteiger partial charge in [0.25, 0.3) is 0 Å². The van der Waals surface area contributed by atoms with E-state index in [2.05, 4.69) is 31.4 Å². The first-order valence-electron chi connectivity index (χ1n) is 6.79. The van der Waals surface area contributed by atoms with E-state index >= 15 is 0 Å². The Bertz CT molecular complexity index is 795. The molecule has 7 heteroatoms. The van der Waals surface area contributed by atoms with Crippen molar-refractivity contribution >= 4 is 55.9 Å². The molecule has 2 aromatic carbocycles. The Morgan fingerprint density at radius 1 is 1.30 bits per heavy atom. The summed E-state index contributed by atoms with van der Waals surface area (Å²) in [7, 11) is 1.65. The highest BCUT2D eigenvalue weighted by Gasteiger charge is 2.14. The molecule has 4 nitrogen and oxygen atoms in total. The summed E-state index contributed by atoms with van der Waals surface area (Å²) in [5, 5.41) is 5.84. The molecule has 0 saturated heterocycles. The number of benzene rings is 2. The van der Waals surface area contributed by atoms with Crippen LogP contribution in [0.3, 0.4) is 0 Å². The van der Waals surface area contributed by atoms with Crippen LogP contribution in [-0.4, -0.2) is 23.7 Å². The largest absolute Gasteiger partial charge is 0.496 e. The van der Waals surface area contributed by atoms with Crippen molar-refractivity contribution in [3.05, 3.63) is 57.5 Å². The van der Waals surface area contributed by atoms with Crippen LogP contribution in [-0.2, 0) is 0 Å². The Morgan fingerprint density at radius 2 is 2.17 bits per heavy atom. The number of thioether (sulfide) groups is 1. The second-order valence-electron chi connectivity index (χ2n) is 4.71. The van der Waals surface area contributed by atoms with E-state index < -0.39 is 0 Å². The quantitative estimate of drug-likeness (QED) is 0.787. The van der Waals surface area contributed by atoms with Crippen molar-refractivity contribution < 1.29 is 4.74 Å². The maximum absolute atomic E-state index is 5.97. The minimum Gasteiger partial charge on any atom is -0.496 e. The number of ether oxygens (including phenoxy) is 1. The molecule has 0 unspecified atom stereocenters. The molecular weight excluding hydrogens is 398 g/mol. The fourth-order valence-corrected chi connectivity index (χ4v) is 3.54. The van der Waals surface area contributed by atoms with E-state index in [1.165, 1.54) is 0 Å². The van der Waals surface area contributed by atoms with Crippen molar-refractivity contribution in [2.24, 2.45) is 10.1 Å². The first kappa shape index (κ1) is 16.4. The van der Waals surface area contributed by atoms with Gasteiger partial charge in [0, 0.05) is 10.8 Å². The van der Waals surface area contributed by atoms with Gasteiger partial charge in [-0.1, -0.05) is 29.4 Å². The predicted octanol–water partition coefficient (Wildman–Crippen LogP) is 4.84. The molecule has 118 valence electrons. The van der Waals surface area contributed by atoms with E-state index in [1.807, 2.05) is 42.5 Å². The maximum atomic E-state index is 5.97. The average molecular weight is 411 g/mol.